The highest BCUT2D eigenvalue weighted by Crippen LogP contribution is 2.16. The molecule has 0 amide bonds. The standard InChI is InChI=1S/C10H7ClN2O2/c11-7-2-1-3-8(4-7)13-6-12-5-9(13)10(14)15/h1-6H,(H,14,15). The predicted octanol–water partition coefficient (Wildman–Crippen LogP) is 2.22. The molecular weight excluding hydrogens is 216 g/mol. The summed E-state index contributed by atoms with van der Waals surface area (Å²) in [7, 11) is 0. The summed E-state index contributed by atoms with van der Waals surface area (Å²) in [5.74, 6) is -1.02. The van der Waals surface area contributed by atoms with E-state index in [0.29, 0.717) is 10.7 Å². The first kappa shape index (κ1) is 9.73. The van der Waals surface area contributed by atoms with Crippen LogP contribution in [0.2, 0.25) is 5.02 Å². The van der Waals surface area contributed by atoms with E-state index in [2.05, 4.69) is 4.98 Å². The number of hydrogen-bond donors (Lipinski definition) is 1. The van der Waals surface area contributed by atoms with E-state index in [4.69, 9.17) is 16.7 Å². The van der Waals surface area contributed by atoms with Crippen molar-refractivity contribution in [1.82, 2.24) is 9.55 Å². The van der Waals surface area contributed by atoms with Crippen molar-refractivity contribution in [2.75, 3.05) is 0 Å². The largest absolute Gasteiger partial charge is 0.477 e. The SMILES string of the molecule is O=C(O)c1cncn1-c1cccc(Cl)c1. The van der Waals surface area contributed by atoms with Crippen LogP contribution >= 0.6 is 11.6 Å². The minimum absolute atomic E-state index is 0.109. The molecule has 0 aliphatic rings. The van der Waals surface area contributed by atoms with Crippen molar-refractivity contribution in [1.29, 1.82) is 0 Å². The van der Waals surface area contributed by atoms with Crippen molar-refractivity contribution in [3.63, 3.8) is 0 Å². The molecule has 0 fully saturated rings. The molecule has 15 heavy (non-hydrogen) atoms. The molecular formula is C10H7ClN2O2. The summed E-state index contributed by atoms with van der Waals surface area (Å²) in [4.78, 5) is 14.6. The molecule has 1 aromatic heterocycles. The van der Waals surface area contributed by atoms with Gasteiger partial charge in [0.25, 0.3) is 0 Å². The van der Waals surface area contributed by atoms with E-state index in [1.807, 2.05) is 0 Å². The van der Waals surface area contributed by atoms with Gasteiger partial charge < -0.3 is 5.11 Å². The number of nitrogens with zero attached hydrogens (tertiary/aromatic N) is 2. The van der Waals surface area contributed by atoms with Gasteiger partial charge in [0, 0.05) is 10.7 Å². The van der Waals surface area contributed by atoms with E-state index in [1.54, 1.807) is 24.3 Å². The molecule has 1 N–H and O–H groups in total. The molecule has 1 aromatic carbocycles. The number of aromatic nitrogens is 2. The first-order valence-electron chi connectivity index (χ1n) is 4.20. The van der Waals surface area contributed by atoms with Crippen molar-refractivity contribution < 1.29 is 9.90 Å². The smallest absolute Gasteiger partial charge is 0.354 e. The highest BCUT2D eigenvalue weighted by molar-refractivity contribution is 6.30. The second kappa shape index (κ2) is 3.74. The van der Waals surface area contributed by atoms with Crippen LogP contribution in [0.3, 0.4) is 0 Å². The van der Waals surface area contributed by atoms with Crippen molar-refractivity contribution >= 4 is 17.6 Å². The molecule has 0 atom stereocenters. The highest BCUT2D eigenvalue weighted by Gasteiger charge is 2.10. The zero-order valence-corrected chi connectivity index (χ0v) is 8.35. The predicted molar refractivity (Wildman–Crippen MR) is 55.5 cm³/mol. The topological polar surface area (TPSA) is 55.1 Å². The number of halogens is 1. The summed E-state index contributed by atoms with van der Waals surface area (Å²) in [6.07, 6.45) is 2.73. The Morgan fingerprint density at radius 2 is 2.27 bits per heavy atom. The lowest BCUT2D eigenvalue weighted by atomic mass is 10.3. The van der Waals surface area contributed by atoms with Gasteiger partial charge in [-0.25, -0.2) is 9.78 Å². The average Bonchev–Trinajstić information content (AvgIpc) is 2.65. The lowest BCUT2D eigenvalue weighted by molar-refractivity contribution is 0.0688. The summed E-state index contributed by atoms with van der Waals surface area (Å²) >= 11 is 5.81. The fraction of sp³-hybridized carbons (Fsp3) is 0. The number of carboxylic acids is 1. The fourth-order valence-corrected chi connectivity index (χ4v) is 1.47. The van der Waals surface area contributed by atoms with Crippen LogP contribution in [-0.4, -0.2) is 20.6 Å². The van der Waals surface area contributed by atoms with Gasteiger partial charge in [0.2, 0.25) is 0 Å². The number of rotatable bonds is 2. The Morgan fingerprint density at radius 3 is 2.93 bits per heavy atom. The second-order valence-corrected chi connectivity index (χ2v) is 3.37. The van der Waals surface area contributed by atoms with Crippen LogP contribution in [-0.2, 0) is 0 Å². The quantitative estimate of drug-likeness (QED) is 0.848. The third-order valence-corrected chi connectivity index (χ3v) is 2.18. The van der Waals surface area contributed by atoms with E-state index in [1.165, 1.54) is 17.1 Å². The molecule has 76 valence electrons. The van der Waals surface area contributed by atoms with Crippen molar-refractivity contribution in [3.8, 4) is 5.69 Å². The monoisotopic (exact) mass is 222 g/mol. The van der Waals surface area contributed by atoms with Crippen LogP contribution in [0.4, 0.5) is 0 Å². The fourth-order valence-electron chi connectivity index (χ4n) is 1.28. The van der Waals surface area contributed by atoms with Gasteiger partial charge in [0.05, 0.1) is 12.5 Å². The zero-order valence-electron chi connectivity index (χ0n) is 7.59. The third-order valence-electron chi connectivity index (χ3n) is 1.94. The van der Waals surface area contributed by atoms with Gasteiger partial charge in [-0.3, -0.25) is 4.57 Å². The molecule has 0 bridgehead atoms. The summed E-state index contributed by atoms with van der Waals surface area (Å²) in [6, 6.07) is 6.92. The number of carbonyl (C=O) groups is 1. The molecule has 0 saturated heterocycles. The highest BCUT2D eigenvalue weighted by atomic mass is 35.5. The van der Waals surface area contributed by atoms with Gasteiger partial charge in [0.15, 0.2) is 5.69 Å². The van der Waals surface area contributed by atoms with E-state index in [-0.39, 0.29) is 5.69 Å². The Hall–Kier alpha value is -1.81. The Labute approximate surface area is 90.8 Å². The van der Waals surface area contributed by atoms with Crippen molar-refractivity contribution in [2.24, 2.45) is 0 Å². The van der Waals surface area contributed by atoms with Crippen LogP contribution in [0.1, 0.15) is 10.5 Å². The molecule has 2 aromatic rings. The molecule has 4 nitrogen and oxygen atoms in total. The summed E-state index contributed by atoms with van der Waals surface area (Å²) in [5.41, 5.74) is 0.787. The van der Waals surface area contributed by atoms with Crippen LogP contribution < -0.4 is 0 Å². The van der Waals surface area contributed by atoms with Gasteiger partial charge in [-0.2, -0.15) is 0 Å². The Balaban J connectivity index is 2.54. The van der Waals surface area contributed by atoms with E-state index in [0.717, 1.165) is 0 Å². The molecule has 0 aliphatic heterocycles. The Kier molecular flexibility index (Phi) is 2.43. The second-order valence-electron chi connectivity index (χ2n) is 2.93. The maximum Gasteiger partial charge on any atom is 0.354 e. The van der Waals surface area contributed by atoms with Gasteiger partial charge in [-0.15, -0.1) is 0 Å². The van der Waals surface area contributed by atoms with Gasteiger partial charge in [0.1, 0.15) is 0 Å². The van der Waals surface area contributed by atoms with Gasteiger partial charge >= 0.3 is 5.97 Å². The number of hydrogen-bond acceptors (Lipinski definition) is 2. The number of imidazole rings is 1. The zero-order chi connectivity index (χ0) is 10.8. The number of aromatic carboxylic acids is 1. The minimum atomic E-state index is -1.02. The first-order valence-corrected chi connectivity index (χ1v) is 4.58. The summed E-state index contributed by atoms with van der Waals surface area (Å²) < 4.78 is 1.47. The average molecular weight is 223 g/mol. The molecule has 0 unspecified atom stereocenters. The van der Waals surface area contributed by atoms with Gasteiger partial charge in [-0.05, 0) is 18.2 Å². The molecule has 0 saturated carbocycles. The third kappa shape index (κ3) is 1.85. The minimum Gasteiger partial charge on any atom is -0.477 e. The van der Waals surface area contributed by atoms with Crippen LogP contribution in [0.25, 0.3) is 5.69 Å². The first-order chi connectivity index (χ1) is 7.18. The molecule has 0 radical (unpaired) electrons. The van der Waals surface area contributed by atoms with E-state index >= 15 is 0 Å². The molecule has 1 heterocycles. The van der Waals surface area contributed by atoms with E-state index in [9.17, 15) is 4.79 Å². The molecule has 2 rings (SSSR count). The number of benzene rings is 1. The number of carboxylic acid groups (broad SMARTS) is 1. The van der Waals surface area contributed by atoms with Gasteiger partial charge in [-0.1, -0.05) is 17.7 Å². The Bertz CT molecular complexity index is 508. The normalized spacial score (nSPS) is 10.2. The summed E-state index contributed by atoms with van der Waals surface area (Å²) in [5, 5.41) is 9.44. The van der Waals surface area contributed by atoms with Crippen molar-refractivity contribution in [3.05, 3.63) is 47.5 Å². The Morgan fingerprint density at radius 1 is 1.47 bits per heavy atom. The van der Waals surface area contributed by atoms with Crippen LogP contribution in [0.15, 0.2) is 36.8 Å². The molecule has 0 spiro atoms. The molecule has 0 aliphatic carbocycles. The summed E-state index contributed by atoms with van der Waals surface area (Å²) in [6.45, 7) is 0. The maximum atomic E-state index is 10.8. The van der Waals surface area contributed by atoms with Crippen LogP contribution in [0.5, 0.6) is 0 Å². The lowest BCUT2D eigenvalue weighted by Gasteiger charge is -2.04. The molecule has 5 heteroatoms. The van der Waals surface area contributed by atoms with Crippen LogP contribution in [0, 0.1) is 0 Å². The van der Waals surface area contributed by atoms with Crippen molar-refractivity contribution in [2.45, 2.75) is 0 Å². The maximum absolute atomic E-state index is 10.8. The van der Waals surface area contributed by atoms with E-state index < -0.39 is 5.97 Å². The lowest BCUT2D eigenvalue weighted by Crippen LogP contribution is -2.05.